The van der Waals surface area contributed by atoms with E-state index in [1.54, 1.807) is 0 Å². The van der Waals surface area contributed by atoms with Crippen molar-refractivity contribution in [2.45, 2.75) is 309 Å². The number of amides is 1. The number of unbranched alkanes of at least 4 members (excludes halogenated alkanes) is 32. The van der Waals surface area contributed by atoms with Gasteiger partial charge in [0.15, 0.2) is 0 Å². The van der Waals surface area contributed by atoms with Crippen LogP contribution in [0.15, 0.2) is 97.2 Å². The van der Waals surface area contributed by atoms with E-state index in [4.69, 9.17) is 9.05 Å². The van der Waals surface area contributed by atoms with Crippen LogP contribution in [0, 0.1) is 0 Å². The molecular weight excluding hydrogens is 1010 g/mol. The van der Waals surface area contributed by atoms with Gasteiger partial charge in [-0.1, -0.05) is 310 Å². The Morgan fingerprint density at radius 1 is 0.438 bits per heavy atom. The number of likely N-dealkylation sites (N-methyl/N-ethyl adjacent to an activating group) is 1. The van der Waals surface area contributed by atoms with Gasteiger partial charge in [0.2, 0.25) is 5.91 Å². The van der Waals surface area contributed by atoms with Crippen molar-refractivity contribution in [3.05, 3.63) is 97.2 Å². The summed E-state index contributed by atoms with van der Waals surface area (Å²) >= 11 is 0. The van der Waals surface area contributed by atoms with Crippen molar-refractivity contribution >= 4 is 13.7 Å². The summed E-state index contributed by atoms with van der Waals surface area (Å²) in [4.78, 5) is 23.4. The number of nitrogens with zero attached hydrogens (tertiary/aromatic N) is 1. The zero-order valence-electron chi connectivity index (χ0n) is 53.0. The van der Waals surface area contributed by atoms with Gasteiger partial charge in [0.05, 0.1) is 39.9 Å². The quantitative estimate of drug-likeness (QED) is 0.0243. The summed E-state index contributed by atoms with van der Waals surface area (Å²) in [5, 5.41) is 14.1. The highest BCUT2D eigenvalue weighted by Gasteiger charge is 2.28. The van der Waals surface area contributed by atoms with E-state index in [0.29, 0.717) is 23.9 Å². The summed E-state index contributed by atoms with van der Waals surface area (Å²) in [6.45, 7) is 4.79. The first-order valence-corrected chi connectivity index (χ1v) is 35.1. The molecule has 0 aromatic heterocycles. The number of aliphatic hydroxyl groups is 1. The lowest BCUT2D eigenvalue weighted by Gasteiger charge is -2.26. The first-order chi connectivity index (χ1) is 39.0. The maximum absolute atomic E-state index is 13.1. The Morgan fingerprint density at radius 2 is 0.750 bits per heavy atom. The second kappa shape index (κ2) is 61.0. The average molecular weight is 1140 g/mol. The number of quaternary nitrogens is 1. The van der Waals surface area contributed by atoms with Crippen LogP contribution in [0.4, 0.5) is 0 Å². The summed E-state index contributed by atoms with van der Waals surface area (Å²) in [5.74, 6) is -0.159. The summed E-state index contributed by atoms with van der Waals surface area (Å²) in [5.41, 5.74) is 0. The third-order valence-electron chi connectivity index (χ3n) is 14.8. The molecule has 3 atom stereocenters. The molecule has 0 saturated heterocycles. The van der Waals surface area contributed by atoms with Crippen molar-refractivity contribution in [2.75, 3.05) is 40.9 Å². The highest BCUT2D eigenvalue weighted by molar-refractivity contribution is 7.47. The van der Waals surface area contributed by atoms with E-state index in [-0.39, 0.29) is 19.1 Å². The summed E-state index contributed by atoms with van der Waals surface area (Å²) in [7, 11) is 1.60. The van der Waals surface area contributed by atoms with Crippen LogP contribution < -0.4 is 5.32 Å². The van der Waals surface area contributed by atoms with E-state index in [1.165, 1.54) is 167 Å². The number of aliphatic hydroxyl groups excluding tert-OH is 1. The van der Waals surface area contributed by atoms with Crippen LogP contribution in [0.3, 0.4) is 0 Å². The zero-order valence-corrected chi connectivity index (χ0v) is 53.9. The Morgan fingerprint density at radius 3 is 1.10 bits per heavy atom. The van der Waals surface area contributed by atoms with Gasteiger partial charge in [-0.2, -0.15) is 0 Å². The fourth-order valence-corrected chi connectivity index (χ4v) is 10.4. The van der Waals surface area contributed by atoms with Gasteiger partial charge in [0.25, 0.3) is 0 Å². The van der Waals surface area contributed by atoms with Crippen molar-refractivity contribution in [2.24, 2.45) is 0 Å². The Kier molecular flexibility index (Phi) is 59.0. The van der Waals surface area contributed by atoms with Crippen LogP contribution in [-0.2, 0) is 18.4 Å². The fourth-order valence-electron chi connectivity index (χ4n) is 9.65. The smallest absolute Gasteiger partial charge is 0.391 e. The van der Waals surface area contributed by atoms with Gasteiger partial charge in [0.1, 0.15) is 13.2 Å². The molecule has 0 aromatic carbocycles. The minimum atomic E-state index is -4.34. The molecular formula is C71H130N2O6P+. The molecule has 1 amide bonds. The molecule has 0 heterocycles. The number of carbonyl (C=O) groups is 1. The Labute approximate surface area is 496 Å². The van der Waals surface area contributed by atoms with Crippen LogP contribution in [0.2, 0.25) is 0 Å². The highest BCUT2D eigenvalue weighted by Crippen LogP contribution is 2.43. The molecule has 80 heavy (non-hydrogen) atoms. The zero-order chi connectivity index (χ0) is 58.4. The number of hydrogen-bond donors (Lipinski definition) is 3. The van der Waals surface area contributed by atoms with Gasteiger partial charge < -0.3 is 19.8 Å². The Balaban J connectivity index is 4.15. The van der Waals surface area contributed by atoms with E-state index < -0.39 is 20.0 Å². The molecule has 3 N–H and O–H groups in total. The first-order valence-electron chi connectivity index (χ1n) is 33.6. The van der Waals surface area contributed by atoms with Crippen LogP contribution >= 0.6 is 7.82 Å². The van der Waals surface area contributed by atoms with Crippen molar-refractivity contribution in [1.29, 1.82) is 0 Å². The molecule has 464 valence electrons. The first kappa shape index (κ1) is 77.4. The lowest BCUT2D eigenvalue weighted by atomic mass is 10.0. The maximum Gasteiger partial charge on any atom is 0.472 e. The molecule has 0 aromatic rings. The third kappa shape index (κ3) is 63.0. The van der Waals surface area contributed by atoms with Gasteiger partial charge in [-0.3, -0.25) is 13.8 Å². The minimum Gasteiger partial charge on any atom is -0.391 e. The van der Waals surface area contributed by atoms with Crippen LogP contribution in [-0.4, -0.2) is 73.4 Å². The van der Waals surface area contributed by atoms with Gasteiger partial charge >= 0.3 is 7.82 Å². The number of phosphoric acid groups is 1. The van der Waals surface area contributed by atoms with Gasteiger partial charge in [-0.25, -0.2) is 4.57 Å². The van der Waals surface area contributed by atoms with Gasteiger partial charge in [0, 0.05) is 6.42 Å². The number of allylic oxidation sites excluding steroid dienone is 16. The Bertz CT molecular complexity index is 1620. The van der Waals surface area contributed by atoms with Crippen molar-refractivity contribution in [3.63, 3.8) is 0 Å². The largest absolute Gasteiger partial charge is 0.472 e. The summed E-state index contributed by atoms with van der Waals surface area (Å²) < 4.78 is 23.9. The highest BCUT2D eigenvalue weighted by atomic mass is 31.2. The monoisotopic (exact) mass is 1140 g/mol. The molecule has 0 aliphatic heterocycles. The second-order valence-electron chi connectivity index (χ2n) is 23.8. The number of carbonyl (C=O) groups excluding carboxylic acids is 1. The van der Waals surface area contributed by atoms with Gasteiger partial charge in [-0.15, -0.1) is 0 Å². The number of phosphoric ester groups is 1. The number of nitrogens with one attached hydrogen (secondary N) is 1. The van der Waals surface area contributed by atoms with E-state index >= 15 is 0 Å². The van der Waals surface area contributed by atoms with E-state index in [1.807, 2.05) is 21.1 Å². The maximum atomic E-state index is 13.1. The predicted octanol–water partition coefficient (Wildman–Crippen LogP) is 21.3. The third-order valence-corrected chi connectivity index (χ3v) is 15.8. The number of hydrogen-bond acceptors (Lipinski definition) is 5. The summed E-state index contributed by atoms with van der Waals surface area (Å²) in [6.07, 6.45) is 87.8. The van der Waals surface area contributed by atoms with Crippen LogP contribution in [0.1, 0.15) is 296 Å². The molecule has 0 aliphatic rings. The standard InChI is InChI=1S/C71H129N2O6P/c1-6-8-10-12-14-16-18-20-22-24-26-28-30-32-34-35-36-37-39-41-43-45-47-49-51-53-55-57-59-61-63-65-71(75)72-69(68-79-80(76,77)78-67-66-73(3,4)5)70(74)64-62-60-58-56-54-52-50-48-46-44-42-40-38-33-31-29-27-25-23-21-19-17-15-13-11-9-7-2/h8,10,14,16,20,22,26,28,32,34,36-37,41,43,47,49,69-70,74H,6-7,9,11-13,15,17-19,21,23-25,27,29-31,33,35,38-40,42,44-46,48,50-68H2,1-5H3,(H-,72,75,76,77)/p+1/b10-8-,16-14-,22-20-,28-26-,34-32-,37-36-,43-41-,49-47-. The van der Waals surface area contributed by atoms with E-state index in [0.717, 1.165) is 103 Å². The molecule has 0 spiro atoms. The lowest BCUT2D eigenvalue weighted by molar-refractivity contribution is -0.870. The van der Waals surface area contributed by atoms with Crippen molar-refractivity contribution < 1.29 is 32.9 Å². The summed E-state index contributed by atoms with van der Waals surface area (Å²) in [6, 6.07) is -0.778. The average Bonchev–Trinajstić information content (AvgIpc) is 3.42. The molecule has 0 bridgehead atoms. The second-order valence-corrected chi connectivity index (χ2v) is 25.3. The van der Waals surface area contributed by atoms with Gasteiger partial charge in [-0.05, 0) is 77.0 Å². The molecule has 0 fully saturated rings. The SMILES string of the molecule is CC/C=C\C/C=C\C/C=C\C/C=C\C/C=C\C/C=C\C/C=C\C/C=C\CCCCCCCCC(=O)NC(COP(=O)(O)OCC[N+](C)(C)C)C(O)CCCCCCCCCCCCCCCCCCCCCCCCCCCCC. The predicted molar refractivity (Wildman–Crippen MR) is 350 cm³/mol. The number of rotatable bonds is 61. The molecule has 0 rings (SSSR count). The minimum absolute atomic E-state index is 0.0671. The van der Waals surface area contributed by atoms with E-state index in [2.05, 4.69) is 116 Å². The topological polar surface area (TPSA) is 105 Å². The molecule has 3 unspecified atom stereocenters. The van der Waals surface area contributed by atoms with Crippen LogP contribution in [0.25, 0.3) is 0 Å². The molecule has 0 radical (unpaired) electrons. The van der Waals surface area contributed by atoms with Crippen LogP contribution in [0.5, 0.6) is 0 Å². The molecule has 0 saturated carbocycles. The molecule has 0 aliphatic carbocycles. The normalized spacial score (nSPS) is 14.3. The Hall–Kier alpha value is -2.58. The van der Waals surface area contributed by atoms with E-state index in [9.17, 15) is 19.4 Å². The van der Waals surface area contributed by atoms with Crippen molar-refractivity contribution in [3.8, 4) is 0 Å². The fraction of sp³-hybridized carbons (Fsp3) is 0.761. The van der Waals surface area contributed by atoms with Crippen molar-refractivity contribution in [1.82, 2.24) is 5.32 Å². The lowest BCUT2D eigenvalue weighted by Crippen LogP contribution is -2.46. The molecule has 9 heteroatoms. The molecule has 8 nitrogen and oxygen atoms in total.